The van der Waals surface area contributed by atoms with Crippen LogP contribution in [0.1, 0.15) is 20.3 Å². The molecule has 0 aromatic carbocycles. The van der Waals surface area contributed by atoms with E-state index < -0.39 is 0 Å². The van der Waals surface area contributed by atoms with Gasteiger partial charge in [-0.15, -0.1) is 0 Å². The van der Waals surface area contributed by atoms with Crippen LogP contribution in [0, 0.1) is 11.3 Å². The van der Waals surface area contributed by atoms with Gasteiger partial charge in [0.25, 0.3) is 0 Å². The molecule has 1 nitrogen and oxygen atoms in total. The molecule has 2 rings (SSSR count). The van der Waals surface area contributed by atoms with Crippen molar-refractivity contribution < 1.29 is 0 Å². The number of fused-ring (bicyclic) bond motifs is 1. The minimum Gasteiger partial charge on any atom is -0.377 e. The Morgan fingerprint density at radius 1 is 1.50 bits per heavy atom. The summed E-state index contributed by atoms with van der Waals surface area (Å²) in [6, 6.07) is 0. The van der Waals surface area contributed by atoms with E-state index in [2.05, 4.69) is 44.0 Å². The summed E-state index contributed by atoms with van der Waals surface area (Å²) in [7, 11) is 2.20. The highest BCUT2D eigenvalue weighted by atomic mass is 15.2. The first kappa shape index (κ1) is 7.90. The molecule has 1 heteroatoms. The molecule has 0 saturated carbocycles. The molecule has 0 bridgehead atoms. The standard InChI is InChI=1S/C11H17N/c1-11(2)8-12(3)10-7-5-4-6-9(10)11/h4-5,7,9H,6,8H2,1-3H3. The van der Waals surface area contributed by atoms with Gasteiger partial charge in [0.1, 0.15) is 0 Å². The fraction of sp³-hybridized carbons (Fsp3) is 0.636. The summed E-state index contributed by atoms with van der Waals surface area (Å²) in [5, 5.41) is 0. The van der Waals surface area contributed by atoms with Crippen molar-refractivity contribution in [2.24, 2.45) is 11.3 Å². The van der Waals surface area contributed by atoms with E-state index >= 15 is 0 Å². The molecule has 1 unspecified atom stereocenters. The van der Waals surface area contributed by atoms with Gasteiger partial charge in [0.05, 0.1) is 0 Å². The molecule has 1 aliphatic carbocycles. The maximum atomic E-state index is 2.40. The summed E-state index contributed by atoms with van der Waals surface area (Å²) in [6.45, 7) is 5.94. The SMILES string of the molecule is CN1CC(C)(C)C2CC=CC=C21. The van der Waals surface area contributed by atoms with E-state index in [1.165, 1.54) is 18.7 Å². The molecule has 0 radical (unpaired) electrons. The minimum atomic E-state index is 0.464. The Kier molecular flexibility index (Phi) is 1.57. The van der Waals surface area contributed by atoms with E-state index in [0.29, 0.717) is 5.41 Å². The van der Waals surface area contributed by atoms with Gasteiger partial charge in [0.2, 0.25) is 0 Å². The van der Waals surface area contributed by atoms with E-state index in [0.717, 1.165) is 5.92 Å². The molecule has 0 aromatic heterocycles. The van der Waals surface area contributed by atoms with E-state index in [9.17, 15) is 0 Å². The van der Waals surface area contributed by atoms with Crippen molar-refractivity contribution in [1.82, 2.24) is 4.90 Å². The molecule has 1 saturated heterocycles. The van der Waals surface area contributed by atoms with Gasteiger partial charge in [-0.05, 0) is 17.9 Å². The number of allylic oxidation sites excluding steroid dienone is 4. The molecule has 12 heavy (non-hydrogen) atoms. The van der Waals surface area contributed by atoms with Crippen LogP contribution in [0.2, 0.25) is 0 Å². The normalized spacial score (nSPS) is 31.8. The van der Waals surface area contributed by atoms with Gasteiger partial charge in [-0.1, -0.05) is 26.0 Å². The van der Waals surface area contributed by atoms with Gasteiger partial charge < -0.3 is 4.90 Å². The highest BCUT2D eigenvalue weighted by Gasteiger charge is 2.40. The third kappa shape index (κ3) is 0.996. The van der Waals surface area contributed by atoms with Gasteiger partial charge >= 0.3 is 0 Å². The van der Waals surface area contributed by atoms with Gasteiger partial charge in [-0.3, -0.25) is 0 Å². The Labute approximate surface area is 74.8 Å². The van der Waals surface area contributed by atoms with Crippen molar-refractivity contribution in [2.45, 2.75) is 20.3 Å². The zero-order valence-electron chi connectivity index (χ0n) is 8.17. The summed E-state index contributed by atoms with van der Waals surface area (Å²) < 4.78 is 0. The third-order valence-electron chi connectivity index (χ3n) is 3.16. The number of hydrogen-bond donors (Lipinski definition) is 0. The summed E-state index contributed by atoms with van der Waals surface area (Å²) in [4.78, 5) is 2.40. The number of likely N-dealkylation sites (tertiary alicyclic amines) is 1. The van der Waals surface area contributed by atoms with Crippen LogP contribution in [0.5, 0.6) is 0 Å². The van der Waals surface area contributed by atoms with Crippen molar-refractivity contribution in [1.29, 1.82) is 0 Å². The third-order valence-corrected chi connectivity index (χ3v) is 3.16. The smallest absolute Gasteiger partial charge is 0.0229 e. The number of rotatable bonds is 0. The first-order chi connectivity index (χ1) is 5.61. The van der Waals surface area contributed by atoms with Crippen LogP contribution >= 0.6 is 0 Å². The Morgan fingerprint density at radius 2 is 2.25 bits per heavy atom. The summed E-state index contributed by atoms with van der Waals surface area (Å²) in [5.74, 6) is 0.757. The molecular formula is C11H17N. The van der Waals surface area contributed by atoms with E-state index in [1.807, 2.05) is 0 Å². The average molecular weight is 163 g/mol. The van der Waals surface area contributed by atoms with Gasteiger partial charge in [0.15, 0.2) is 0 Å². The van der Waals surface area contributed by atoms with Gasteiger partial charge in [-0.25, -0.2) is 0 Å². The molecule has 0 N–H and O–H groups in total. The molecule has 66 valence electrons. The van der Waals surface area contributed by atoms with Crippen LogP contribution < -0.4 is 0 Å². The van der Waals surface area contributed by atoms with Gasteiger partial charge in [0, 0.05) is 25.2 Å². The van der Waals surface area contributed by atoms with Crippen molar-refractivity contribution in [3.05, 3.63) is 23.9 Å². The first-order valence-electron chi connectivity index (χ1n) is 4.69. The molecule has 1 heterocycles. The molecule has 0 aromatic rings. The molecule has 1 aliphatic heterocycles. The Morgan fingerprint density at radius 3 is 2.92 bits per heavy atom. The Hall–Kier alpha value is -0.720. The van der Waals surface area contributed by atoms with E-state index in [1.54, 1.807) is 0 Å². The molecule has 1 atom stereocenters. The largest absolute Gasteiger partial charge is 0.377 e. The predicted molar refractivity (Wildman–Crippen MR) is 51.7 cm³/mol. The predicted octanol–water partition coefficient (Wildman–Crippen LogP) is 2.42. The topological polar surface area (TPSA) is 3.24 Å². The second-order valence-electron chi connectivity index (χ2n) is 4.65. The Bertz CT molecular complexity index is 248. The van der Waals surface area contributed by atoms with Crippen LogP contribution in [0.15, 0.2) is 23.9 Å². The molecule has 1 fully saturated rings. The lowest BCUT2D eigenvalue weighted by Crippen LogP contribution is -2.22. The van der Waals surface area contributed by atoms with Crippen molar-refractivity contribution in [3.8, 4) is 0 Å². The van der Waals surface area contributed by atoms with Crippen LogP contribution in [-0.4, -0.2) is 18.5 Å². The van der Waals surface area contributed by atoms with Crippen LogP contribution in [-0.2, 0) is 0 Å². The molecular weight excluding hydrogens is 146 g/mol. The average Bonchev–Trinajstić information content (AvgIpc) is 2.25. The van der Waals surface area contributed by atoms with Crippen LogP contribution in [0.4, 0.5) is 0 Å². The number of hydrogen-bond acceptors (Lipinski definition) is 1. The summed E-state index contributed by atoms with van der Waals surface area (Å²) in [5.41, 5.74) is 1.99. The van der Waals surface area contributed by atoms with Crippen LogP contribution in [0.3, 0.4) is 0 Å². The fourth-order valence-corrected chi connectivity index (χ4v) is 2.54. The second-order valence-corrected chi connectivity index (χ2v) is 4.65. The highest BCUT2D eigenvalue weighted by Crippen LogP contribution is 2.44. The van der Waals surface area contributed by atoms with Crippen molar-refractivity contribution in [3.63, 3.8) is 0 Å². The van der Waals surface area contributed by atoms with Crippen molar-refractivity contribution in [2.75, 3.05) is 13.6 Å². The van der Waals surface area contributed by atoms with Gasteiger partial charge in [-0.2, -0.15) is 0 Å². The van der Waals surface area contributed by atoms with E-state index in [-0.39, 0.29) is 0 Å². The first-order valence-corrected chi connectivity index (χ1v) is 4.69. The summed E-state index contributed by atoms with van der Waals surface area (Å²) >= 11 is 0. The molecule has 0 spiro atoms. The second kappa shape index (κ2) is 2.38. The zero-order chi connectivity index (χ0) is 8.77. The molecule has 2 aliphatic rings. The lowest BCUT2D eigenvalue weighted by Gasteiger charge is -2.25. The molecule has 0 amide bonds. The van der Waals surface area contributed by atoms with Crippen LogP contribution in [0.25, 0.3) is 0 Å². The lowest BCUT2D eigenvalue weighted by molar-refractivity contribution is 0.285. The quantitative estimate of drug-likeness (QED) is 0.530. The monoisotopic (exact) mass is 163 g/mol. The summed E-state index contributed by atoms with van der Waals surface area (Å²) in [6.07, 6.45) is 7.96. The van der Waals surface area contributed by atoms with E-state index in [4.69, 9.17) is 0 Å². The Balaban J connectivity index is 2.34. The highest BCUT2D eigenvalue weighted by molar-refractivity contribution is 5.25. The minimum absolute atomic E-state index is 0.464. The number of nitrogens with zero attached hydrogens (tertiary/aromatic N) is 1. The maximum absolute atomic E-state index is 2.40. The lowest BCUT2D eigenvalue weighted by atomic mass is 9.77. The van der Waals surface area contributed by atoms with Crippen molar-refractivity contribution >= 4 is 0 Å². The fourth-order valence-electron chi connectivity index (χ4n) is 2.54. The maximum Gasteiger partial charge on any atom is 0.0229 e. The zero-order valence-corrected chi connectivity index (χ0v) is 8.17.